The maximum Gasteiger partial charge on any atom is 0.407 e. The van der Waals surface area contributed by atoms with Gasteiger partial charge in [-0.05, 0) is 84.6 Å². The smallest absolute Gasteiger partial charge is 0.407 e. The molecule has 1 saturated heterocycles. The summed E-state index contributed by atoms with van der Waals surface area (Å²) in [5.74, 6) is 8.44. The molecule has 2 N–H and O–H groups in total. The van der Waals surface area contributed by atoms with E-state index in [4.69, 9.17) is 18.7 Å². The molecular weight excluding hydrogens is 668 g/mol. The second-order valence-electron chi connectivity index (χ2n) is 15.1. The number of nitrogens with one attached hydrogen (secondary N) is 2. The molecule has 2 unspecified atom stereocenters. The first-order valence-electron chi connectivity index (χ1n) is 17.5. The van der Waals surface area contributed by atoms with Gasteiger partial charge in [0.2, 0.25) is 5.91 Å². The van der Waals surface area contributed by atoms with Crippen molar-refractivity contribution in [1.29, 1.82) is 0 Å². The third kappa shape index (κ3) is 10.8. The van der Waals surface area contributed by atoms with Gasteiger partial charge in [0.25, 0.3) is 0 Å². The largest absolute Gasteiger partial charge is 0.454 e. The number of imidazole rings is 1. The highest BCUT2D eigenvalue weighted by Gasteiger charge is 2.55. The zero-order chi connectivity index (χ0) is 37.6. The van der Waals surface area contributed by atoms with E-state index in [0.29, 0.717) is 48.7 Å². The van der Waals surface area contributed by atoms with Crippen LogP contribution >= 0.6 is 0 Å². The Morgan fingerprint density at radius 1 is 0.942 bits per heavy atom. The van der Waals surface area contributed by atoms with Crippen LogP contribution in [0.4, 0.5) is 9.59 Å². The maximum absolute atomic E-state index is 12.6. The zero-order valence-corrected chi connectivity index (χ0v) is 30.9. The molecule has 0 radical (unpaired) electrons. The van der Waals surface area contributed by atoms with Crippen LogP contribution < -0.4 is 10.6 Å². The van der Waals surface area contributed by atoms with Gasteiger partial charge in [0.1, 0.15) is 22.7 Å². The molecule has 5 rings (SSSR count). The number of likely N-dealkylation sites (tertiary alicyclic amines) is 1. The molecule has 278 valence electrons. The number of fused-ring (bicyclic) bond motifs is 1. The van der Waals surface area contributed by atoms with Crippen molar-refractivity contribution in [3.63, 3.8) is 0 Å². The molecular formula is C38H48N6O8. The molecule has 4 atom stereocenters. The third-order valence-electron chi connectivity index (χ3n) is 8.41. The van der Waals surface area contributed by atoms with Gasteiger partial charge in [0, 0.05) is 68.1 Å². The average Bonchev–Trinajstić information content (AvgIpc) is 3.52. The highest BCUT2D eigenvalue weighted by Crippen LogP contribution is 2.51. The first-order valence-corrected chi connectivity index (χ1v) is 17.5. The number of piperidine rings is 1. The van der Waals surface area contributed by atoms with Crippen molar-refractivity contribution >= 4 is 24.1 Å². The minimum atomic E-state index is -0.625. The SMILES string of the molecule is CC(OC(=O)CCNC(=O)OC(C)(C)C)c1nccn1Cc1cc(-c2ccc(C#CC3[C@H]4CN(C(=O)CCNC(=O)OC(C)(C)C)C[C@@H]34)cc2)on1. The predicted molar refractivity (Wildman–Crippen MR) is 189 cm³/mol. The van der Waals surface area contributed by atoms with Crippen LogP contribution in [0.3, 0.4) is 0 Å². The minimum absolute atomic E-state index is 0.0109. The number of hydrogen-bond donors (Lipinski definition) is 2. The number of aromatic nitrogens is 3. The van der Waals surface area contributed by atoms with Crippen molar-refractivity contribution in [1.82, 2.24) is 30.2 Å². The Hall–Kier alpha value is -5.32. The summed E-state index contributed by atoms with van der Waals surface area (Å²) in [6.07, 6.45) is 1.91. The molecule has 0 bridgehead atoms. The topological polar surface area (TPSA) is 167 Å². The number of benzene rings is 1. The van der Waals surface area contributed by atoms with Crippen molar-refractivity contribution in [3.05, 3.63) is 59.8 Å². The molecule has 0 spiro atoms. The third-order valence-corrected chi connectivity index (χ3v) is 8.41. The van der Waals surface area contributed by atoms with E-state index in [2.05, 4.69) is 32.6 Å². The molecule has 2 fully saturated rings. The summed E-state index contributed by atoms with van der Waals surface area (Å²) in [5.41, 5.74) is 1.22. The Kier molecular flexibility index (Phi) is 11.6. The van der Waals surface area contributed by atoms with Crippen molar-refractivity contribution in [2.75, 3.05) is 26.2 Å². The lowest BCUT2D eigenvalue weighted by Crippen LogP contribution is -2.37. The first kappa shape index (κ1) is 37.9. The van der Waals surface area contributed by atoms with Crippen LogP contribution in [0.2, 0.25) is 0 Å². The van der Waals surface area contributed by atoms with Crippen LogP contribution in [-0.2, 0) is 30.3 Å². The van der Waals surface area contributed by atoms with Gasteiger partial charge >= 0.3 is 18.2 Å². The van der Waals surface area contributed by atoms with Crippen molar-refractivity contribution in [3.8, 4) is 23.2 Å². The maximum atomic E-state index is 12.6. The summed E-state index contributed by atoms with van der Waals surface area (Å²) >= 11 is 0. The number of ether oxygens (including phenoxy) is 3. The van der Waals surface area contributed by atoms with Gasteiger partial charge in [0.15, 0.2) is 11.9 Å². The summed E-state index contributed by atoms with van der Waals surface area (Å²) in [6, 6.07) is 9.63. The van der Waals surface area contributed by atoms with Gasteiger partial charge in [-0.2, -0.15) is 0 Å². The molecule has 1 aliphatic carbocycles. The fourth-order valence-electron chi connectivity index (χ4n) is 5.97. The summed E-state index contributed by atoms with van der Waals surface area (Å²) < 4.78 is 23.4. The zero-order valence-electron chi connectivity index (χ0n) is 30.9. The van der Waals surface area contributed by atoms with Crippen LogP contribution in [-0.4, -0.2) is 81.1 Å². The van der Waals surface area contributed by atoms with E-state index in [0.717, 1.165) is 11.1 Å². The molecule has 14 nitrogen and oxygen atoms in total. The molecule has 14 heteroatoms. The van der Waals surface area contributed by atoms with E-state index in [1.165, 1.54) is 0 Å². The Morgan fingerprint density at radius 3 is 2.17 bits per heavy atom. The standard InChI is InChI=1S/C38H48N6O8/c1-24(49-33(46)15-17-41-36(48)51-38(5,6)7)34-39-18-19-43(34)21-27-20-31(52-42-27)26-11-8-25(9-12-26)10-13-28-29-22-44(23-30(28)29)32(45)14-16-40-35(47)50-37(2,3)4/h8-9,11-12,18-20,24,28-30H,14-17,21-23H2,1-7H3,(H,40,47)(H,41,48)/t24?,28?,29-,30+. The van der Waals surface area contributed by atoms with Gasteiger partial charge in [-0.15, -0.1) is 0 Å². The number of amides is 3. The number of nitrogens with zero attached hydrogens (tertiary/aromatic N) is 4. The lowest BCUT2D eigenvalue weighted by molar-refractivity contribution is -0.148. The summed E-state index contributed by atoms with van der Waals surface area (Å²) in [6.45, 7) is 14.5. The quantitative estimate of drug-likeness (QED) is 0.155. The fourth-order valence-corrected chi connectivity index (χ4v) is 5.97. The molecule has 3 amide bonds. The molecule has 2 aromatic heterocycles. The first-order chi connectivity index (χ1) is 24.5. The van der Waals surface area contributed by atoms with Crippen LogP contribution in [0.15, 0.2) is 47.2 Å². The Labute approximate surface area is 303 Å². The number of hydrogen-bond acceptors (Lipinski definition) is 10. The van der Waals surface area contributed by atoms with Crippen molar-refractivity contribution in [2.24, 2.45) is 17.8 Å². The summed E-state index contributed by atoms with van der Waals surface area (Å²) in [5, 5.41) is 9.41. The molecule has 1 aromatic carbocycles. The number of carbonyl (C=O) groups excluding carboxylic acids is 4. The van der Waals surface area contributed by atoms with Gasteiger partial charge in [-0.3, -0.25) is 9.59 Å². The van der Waals surface area contributed by atoms with E-state index < -0.39 is 35.5 Å². The average molecular weight is 717 g/mol. The second kappa shape index (κ2) is 15.9. The van der Waals surface area contributed by atoms with Gasteiger partial charge in [0.05, 0.1) is 13.0 Å². The number of carbonyl (C=O) groups is 4. The predicted octanol–water partition coefficient (Wildman–Crippen LogP) is 5.08. The Balaban J connectivity index is 1.04. The van der Waals surface area contributed by atoms with E-state index in [-0.39, 0.29) is 37.8 Å². The minimum Gasteiger partial charge on any atom is -0.454 e. The van der Waals surface area contributed by atoms with E-state index in [1.807, 2.05) is 39.8 Å². The van der Waals surface area contributed by atoms with E-state index >= 15 is 0 Å². The van der Waals surface area contributed by atoms with Gasteiger partial charge in [-0.1, -0.05) is 17.0 Å². The van der Waals surface area contributed by atoms with Crippen LogP contribution in [0.5, 0.6) is 0 Å². The van der Waals surface area contributed by atoms with Gasteiger partial charge < -0.3 is 38.8 Å². The lowest BCUT2D eigenvalue weighted by Gasteiger charge is -2.21. The van der Waals surface area contributed by atoms with Crippen molar-refractivity contribution in [2.45, 2.75) is 85.2 Å². The normalized spacial score (nSPS) is 18.4. The molecule has 3 heterocycles. The van der Waals surface area contributed by atoms with Crippen LogP contribution in [0.1, 0.15) is 84.5 Å². The Bertz CT molecular complexity index is 1790. The highest BCUT2D eigenvalue weighted by molar-refractivity contribution is 5.78. The molecule has 1 aliphatic heterocycles. The Morgan fingerprint density at radius 2 is 1.56 bits per heavy atom. The van der Waals surface area contributed by atoms with Gasteiger partial charge in [-0.25, -0.2) is 14.6 Å². The van der Waals surface area contributed by atoms with Crippen molar-refractivity contribution < 1.29 is 37.9 Å². The molecule has 3 aromatic rings. The van der Waals surface area contributed by atoms with Crippen LogP contribution in [0.25, 0.3) is 11.3 Å². The molecule has 52 heavy (non-hydrogen) atoms. The summed E-state index contributed by atoms with van der Waals surface area (Å²) in [7, 11) is 0. The molecule has 2 aliphatic rings. The van der Waals surface area contributed by atoms with E-state index in [1.54, 1.807) is 60.9 Å². The monoisotopic (exact) mass is 716 g/mol. The number of esters is 1. The number of alkyl carbamates (subject to hydrolysis) is 2. The molecule has 1 saturated carbocycles. The lowest BCUT2D eigenvalue weighted by atomic mass is 10.1. The van der Waals surface area contributed by atoms with Crippen LogP contribution in [0, 0.1) is 29.6 Å². The second-order valence-corrected chi connectivity index (χ2v) is 15.1. The summed E-state index contributed by atoms with van der Waals surface area (Å²) in [4.78, 5) is 54.8. The highest BCUT2D eigenvalue weighted by atomic mass is 16.6. The van der Waals surface area contributed by atoms with E-state index in [9.17, 15) is 19.2 Å². The number of rotatable bonds is 11. The fraction of sp³-hybridized carbons (Fsp3) is 0.526.